The summed E-state index contributed by atoms with van der Waals surface area (Å²) in [5.41, 5.74) is 9.15. The van der Waals surface area contributed by atoms with Gasteiger partial charge in [-0.05, 0) is 73.4 Å². The molecule has 0 spiro atoms. The van der Waals surface area contributed by atoms with Crippen LogP contribution in [0.4, 0.5) is 5.69 Å². The quantitative estimate of drug-likeness (QED) is 0.159. The zero-order valence-electron chi connectivity index (χ0n) is 18.6. The fraction of sp³-hybridized carbons (Fsp3) is 0.231. The summed E-state index contributed by atoms with van der Waals surface area (Å²) < 4.78 is 11.1. The van der Waals surface area contributed by atoms with Crippen LogP contribution in [0.5, 0.6) is 11.5 Å². The molecule has 0 bridgehead atoms. The van der Waals surface area contributed by atoms with Crippen molar-refractivity contribution in [2.75, 3.05) is 19.5 Å². The Kier molecular flexibility index (Phi) is 9.20. The van der Waals surface area contributed by atoms with E-state index in [-0.39, 0.29) is 0 Å². The van der Waals surface area contributed by atoms with Gasteiger partial charge in [-0.1, -0.05) is 18.2 Å². The van der Waals surface area contributed by atoms with Crippen LogP contribution in [0.1, 0.15) is 29.8 Å². The van der Waals surface area contributed by atoms with E-state index >= 15 is 0 Å². The Labute approximate surface area is 198 Å². The minimum absolute atomic E-state index is 0.512. The first-order valence-electron chi connectivity index (χ1n) is 10.7. The Balaban J connectivity index is 1.55. The van der Waals surface area contributed by atoms with E-state index in [2.05, 4.69) is 17.1 Å². The molecule has 3 N–H and O–H groups in total. The van der Waals surface area contributed by atoms with Crippen LogP contribution < -0.4 is 15.2 Å². The zero-order chi connectivity index (χ0) is 23.5. The predicted octanol–water partition coefficient (Wildman–Crippen LogP) is 5.46. The van der Waals surface area contributed by atoms with E-state index in [9.17, 15) is 4.79 Å². The molecule has 0 aliphatic rings. The Morgan fingerprint density at radius 1 is 1.12 bits per heavy atom. The van der Waals surface area contributed by atoms with Gasteiger partial charge >= 0.3 is 5.97 Å². The molecule has 7 heteroatoms. The summed E-state index contributed by atoms with van der Waals surface area (Å²) >= 11 is 1.62. The molecule has 0 radical (unpaired) electrons. The molecule has 0 amide bonds. The molecule has 0 saturated carbocycles. The molecule has 1 heterocycles. The molecule has 33 heavy (non-hydrogen) atoms. The number of nitrogen functional groups attached to an aromatic ring is 1. The van der Waals surface area contributed by atoms with Crippen molar-refractivity contribution in [3.8, 4) is 11.5 Å². The Morgan fingerprint density at radius 3 is 2.67 bits per heavy atom. The summed E-state index contributed by atoms with van der Waals surface area (Å²) in [5.74, 6) is 1.04. The number of nitrogens with zero attached hydrogens (tertiary/aromatic N) is 1. The number of ether oxygens (including phenoxy) is 2. The molecule has 0 fully saturated rings. The number of hydrogen-bond acceptors (Lipinski definition) is 6. The maximum Gasteiger partial charge on any atom is 0.328 e. The van der Waals surface area contributed by atoms with Gasteiger partial charge in [0, 0.05) is 22.4 Å². The van der Waals surface area contributed by atoms with Crippen LogP contribution in [-0.2, 0) is 17.0 Å². The minimum Gasteiger partial charge on any atom is -0.497 e. The Hall–Kier alpha value is -3.45. The van der Waals surface area contributed by atoms with Crippen LogP contribution in [0.2, 0.25) is 0 Å². The monoisotopic (exact) mass is 464 g/mol. The highest BCUT2D eigenvalue weighted by atomic mass is 32.2. The maximum atomic E-state index is 11.0. The molecule has 0 atom stereocenters. The van der Waals surface area contributed by atoms with Crippen LogP contribution in [0.15, 0.2) is 71.6 Å². The molecule has 3 rings (SSSR count). The van der Waals surface area contributed by atoms with Crippen molar-refractivity contribution in [3.05, 3.63) is 83.7 Å². The third-order valence-electron chi connectivity index (χ3n) is 4.85. The molecule has 2 aromatic carbocycles. The summed E-state index contributed by atoms with van der Waals surface area (Å²) in [5, 5.41) is 9.02. The van der Waals surface area contributed by atoms with Crippen molar-refractivity contribution >= 4 is 29.5 Å². The van der Waals surface area contributed by atoms with Gasteiger partial charge in [-0.3, -0.25) is 0 Å². The van der Waals surface area contributed by atoms with E-state index in [1.807, 2.05) is 48.5 Å². The second kappa shape index (κ2) is 12.6. The summed E-state index contributed by atoms with van der Waals surface area (Å²) in [6.45, 7) is 0.531. The Bertz CT molecular complexity index is 1080. The lowest BCUT2D eigenvalue weighted by molar-refractivity contribution is -0.131. The highest BCUT2D eigenvalue weighted by Crippen LogP contribution is 2.26. The SMILES string of the molecule is COc1ccc(CCCCOc2ccc(CSc3cccc(N)c3)nc2C=CC(=O)O)cc1. The molecule has 1 aromatic heterocycles. The summed E-state index contributed by atoms with van der Waals surface area (Å²) in [7, 11) is 1.66. The van der Waals surface area contributed by atoms with Crippen LogP contribution in [0.25, 0.3) is 6.08 Å². The first-order valence-corrected chi connectivity index (χ1v) is 11.7. The van der Waals surface area contributed by atoms with E-state index in [1.54, 1.807) is 18.9 Å². The number of benzene rings is 2. The van der Waals surface area contributed by atoms with Gasteiger partial charge in [-0.15, -0.1) is 11.8 Å². The molecule has 6 nitrogen and oxygen atoms in total. The lowest BCUT2D eigenvalue weighted by atomic mass is 10.1. The number of thioether (sulfide) groups is 1. The van der Waals surface area contributed by atoms with E-state index in [4.69, 9.17) is 20.3 Å². The van der Waals surface area contributed by atoms with Crippen molar-refractivity contribution in [2.24, 2.45) is 0 Å². The standard InChI is InChI=1S/C26H28N2O4S/c1-31-22-11-8-19(9-12-22)5-2-3-16-32-25-14-10-21(28-24(25)13-15-26(29)30)18-33-23-7-4-6-20(27)17-23/h4,6-15,17H,2-3,5,16,18,27H2,1H3,(H,29,30). The van der Waals surface area contributed by atoms with Crippen molar-refractivity contribution in [2.45, 2.75) is 29.9 Å². The third-order valence-corrected chi connectivity index (χ3v) is 5.88. The first kappa shape index (κ1) is 24.2. The fourth-order valence-corrected chi connectivity index (χ4v) is 4.01. The van der Waals surface area contributed by atoms with Gasteiger partial charge in [0.05, 0.1) is 19.4 Å². The van der Waals surface area contributed by atoms with Crippen LogP contribution in [0.3, 0.4) is 0 Å². The molecular weight excluding hydrogens is 436 g/mol. The Morgan fingerprint density at radius 2 is 1.94 bits per heavy atom. The highest BCUT2D eigenvalue weighted by Gasteiger charge is 2.07. The summed E-state index contributed by atoms with van der Waals surface area (Å²) in [6.07, 6.45) is 5.37. The fourth-order valence-electron chi connectivity index (χ4n) is 3.14. The van der Waals surface area contributed by atoms with Crippen molar-refractivity contribution in [1.82, 2.24) is 4.98 Å². The average Bonchev–Trinajstić information content (AvgIpc) is 2.82. The van der Waals surface area contributed by atoms with Crippen LogP contribution in [-0.4, -0.2) is 29.8 Å². The number of nitrogens with two attached hydrogens (primary N) is 1. The smallest absolute Gasteiger partial charge is 0.328 e. The molecule has 172 valence electrons. The number of carboxylic acid groups (broad SMARTS) is 1. The van der Waals surface area contributed by atoms with E-state index in [0.29, 0.717) is 29.5 Å². The summed E-state index contributed by atoms with van der Waals surface area (Å²) in [4.78, 5) is 16.7. The zero-order valence-corrected chi connectivity index (χ0v) is 19.4. The largest absolute Gasteiger partial charge is 0.497 e. The molecule has 3 aromatic rings. The van der Waals surface area contributed by atoms with Crippen LogP contribution in [0, 0.1) is 0 Å². The molecule has 0 unspecified atom stereocenters. The number of carboxylic acids is 1. The van der Waals surface area contributed by atoms with Gasteiger partial charge in [-0.25, -0.2) is 9.78 Å². The lowest BCUT2D eigenvalue weighted by Gasteiger charge is -2.11. The number of methoxy groups -OCH3 is 1. The van der Waals surface area contributed by atoms with E-state index in [0.717, 1.165) is 41.7 Å². The third kappa shape index (κ3) is 8.20. The number of rotatable bonds is 12. The highest BCUT2D eigenvalue weighted by molar-refractivity contribution is 7.98. The minimum atomic E-state index is -1.03. The molecule has 0 aliphatic heterocycles. The first-order chi connectivity index (χ1) is 16.0. The van der Waals surface area contributed by atoms with Gasteiger partial charge in [0.1, 0.15) is 17.2 Å². The molecule has 0 saturated heterocycles. The number of hydrogen-bond donors (Lipinski definition) is 2. The number of unbranched alkanes of at least 4 members (excludes halogenated alkanes) is 1. The summed E-state index contributed by atoms with van der Waals surface area (Å²) in [6, 6.07) is 19.5. The number of anilines is 1. The maximum absolute atomic E-state index is 11.0. The molecular formula is C26H28N2O4S. The van der Waals surface area contributed by atoms with Gasteiger partial charge in [0.25, 0.3) is 0 Å². The van der Waals surface area contributed by atoms with Gasteiger partial charge in [0.2, 0.25) is 0 Å². The topological polar surface area (TPSA) is 94.7 Å². The lowest BCUT2D eigenvalue weighted by Crippen LogP contribution is -2.02. The van der Waals surface area contributed by atoms with Gasteiger partial charge in [-0.2, -0.15) is 0 Å². The van der Waals surface area contributed by atoms with Gasteiger partial charge < -0.3 is 20.3 Å². The number of aromatic nitrogens is 1. The van der Waals surface area contributed by atoms with Crippen molar-refractivity contribution < 1.29 is 19.4 Å². The average molecular weight is 465 g/mol. The second-order valence-electron chi connectivity index (χ2n) is 7.37. The normalized spacial score (nSPS) is 10.9. The van der Waals surface area contributed by atoms with E-state index < -0.39 is 5.97 Å². The van der Waals surface area contributed by atoms with Crippen molar-refractivity contribution in [1.29, 1.82) is 0 Å². The number of carbonyl (C=O) groups is 1. The number of pyridine rings is 1. The molecule has 0 aliphatic carbocycles. The predicted molar refractivity (Wildman–Crippen MR) is 133 cm³/mol. The number of aryl methyl sites for hydroxylation is 1. The van der Waals surface area contributed by atoms with Crippen molar-refractivity contribution in [3.63, 3.8) is 0 Å². The number of aliphatic carboxylic acids is 1. The van der Waals surface area contributed by atoms with Gasteiger partial charge in [0.15, 0.2) is 0 Å². The van der Waals surface area contributed by atoms with E-state index in [1.165, 1.54) is 11.6 Å². The van der Waals surface area contributed by atoms with Crippen LogP contribution >= 0.6 is 11.8 Å². The second-order valence-corrected chi connectivity index (χ2v) is 8.42.